The molecule has 3 rings (SSSR count). The van der Waals surface area contributed by atoms with E-state index >= 15 is 0 Å². The summed E-state index contributed by atoms with van der Waals surface area (Å²) in [5.41, 5.74) is 2.96. The molecule has 1 aliphatic heterocycles. The minimum absolute atomic E-state index is 0.219. The van der Waals surface area contributed by atoms with Gasteiger partial charge in [0.15, 0.2) is 0 Å². The van der Waals surface area contributed by atoms with Crippen LogP contribution < -0.4 is 0 Å². The zero-order chi connectivity index (χ0) is 16.3. The van der Waals surface area contributed by atoms with Crippen LogP contribution in [0.5, 0.6) is 0 Å². The summed E-state index contributed by atoms with van der Waals surface area (Å²) in [6.45, 7) is 7.70. The SMILES string of the molecule is COC[C@]1(C)CN(C(c2ccccc2)c2ccccc2)C[C@H]1C. The largest absolute Gasteiger partial charge is 0.384 e. The highest BCUT2D eigenvalue weighted by Crippen LogP contribution is 2.41. The third-order valence-corrected chi connectivity index (χ3v) is 5.33. The smallest absolute Gasteiger partial charge is 0.0602 e. The van der Waals surface area contributed by atoms with E-state index in [1.165, 1.54) is 11.1 Å². The quantitative estimate of drug-likeness (QED) is 0.812. The Labute approximate surface area is 140 Å². The average molecular weight is 309 g/mol. The standard InChI is InChI=1S/C21H27NO/c1-17-14-22(15-21(17,2)16-23-3)20(18-10-6-4-7-11-18)19-12-8-5-9-13-19/h4-13,17,20H,14-16H2,1-3H3/t17-,21+/m1/s1. The van der Waals surface area contributed by atoms with E-state index in [1.807, 2.05) is 7.11 Å². The van der Waals surface area contributed by atoms with Gasteiger partial charge in [-0.3, -0.25) is 4.90 Å². The van der Waals surface area contributed by atoms with Gasteiger partial charge in [-0.25, -0.2) is 0 Å². The van der Waals surface area contributed by atoms with Gasteiger partial charge in [0.25, 0.3) is 0 Å². The highest BCUT2D eigenvalue weighted by molar-refractivity contribution is 5.32. The number of methoxy groups -OCH3 is 1. The molecule has 0 spiro atoms. The number of likely N-dealkylation sites (tertiary alicyclic amines) is 1. The highest BCUT2D eigenvalue weighted by atomic mass is 16.5. The average Bonchev–Trinajstić information content (AvgIpc) is 2.85. The van der Waals surface area contributed by atoms with Crippen molar-refractivity contribution in [2.24, 2.45) is 11.3 Å². The van der Waals surface area contributed by atoms with Crippen LogP contribution in [0.2, 0.25) is 0 Å². The van der Waals surface area contributed by atoms with Crippen molar-refractivity contribution >= 4 is 0 Å². The zero-order valence-corrected chi connectivity index (χ0v) is 14.4. The Kier molecular flexibility index (Phi) is 4.84. The Morgan fingerprint density at radius 1 is 1.04 bits per heavy atom. The fourth-order valence-corrected chi connectivity index (χ4v) is 3.86. The molecule has 1 heterocycles. The zero-order valence-electron chi connectivity index (χ0n) is 14.4. The van der Waals surface area contributed by atoms with E-state index < -0.39 is 0 Å². The first-order valence-corrected chi connectivity index (χ1v) is 8.47. The van der Waals surface area contributed by atoms with E-state index in [0.29, 0.717) is 12.0 Å². The van der Waals surface area contributed by atoms with Crippen molar-refractivity contribution in [3.8, 4) is 0 Å². The van der Waals surface area contributed by atoms with Crippen molar-refractivity contribution in [2.45, 2.75) is 19.9 Å². The topological polar surface area (TPSA) is 12.5 Å². The maximum atomic E-state index is 5.51. The van der Waals surface area contributed by atoms with E-state index in [2.05, 4.69) is 79.4 Å². The van der Waals surface area contributed by atoms with Crippen LogP contribution in [0.15, 0.2) is 60.7 Å². The van der Waals surface area contributed by atoms with Crippen LogP contribution in [0, 0.1) is 11.3 Å². The summed E-state index contributed by atoms with van der Waals surface area (Å²) < 4.78 is 5.51. The molecule has 2 nitrogen and oxygen atoms in total. The van der Waals surface area contributed by atoms with Gasteiger partial charge in [0, 0.05) is 25.6 Å². The van der Waals surface area contributed by atoms with Crippen LogP contribution in [-0.2, 0) is 4.74 Å². The molecule has 122 valence electrons. The third-order valence-electron chi connectivity index (χ3n) is 5.33. The van der Waals surface area contributed by atoms with Crippen LogP contribution in [0.1, 0.15) is 31.0 Å². The molecule has 0 amide bonds. The van der Waals surface area contributed by atoms with Gasteiger partial charge in [0.2, 0.25) is 0 Å². The molecule has 2 atom stereocenters. The molecule has 0 bridgehead atoms. The predicted molar refractivity (Wildman–Crippen MR) is 95.4 cm³/mol. The predicted octanol–water partition coefficient (Wildman–Crippen LogP) is 4.38. The Morgan fingerprint density at radius 2 is 1.57 bits per heavy atom. The first-order valence-electron chi connectivity index (χ1n) is 8.47. The van der Waals surface area contributed by atoms with Gasteiger partial charge in [-0.2, -0.15) is 0 Å². The summed E-state index contributed by atoms with van der Waals surface area (Å²) in [5.74, 6) is 0.623. The van der Waals surface area contributed by atoms with Crippen molar-refractivity contribution in [2.75, 3.05) is 26.8 Å². The molecule has 0 aliphatic carbocycles. The summed E-state index contributed by atoms with van der Waals surface area (Å²) in [6, 6.07) is 22.0. The minimum atomic E-state index is 0.219. The molecule has 0 aromatic heterocycles. The number of benzene rings is 2. The molecule has 0 radical (unpaired) electrons. The molecule has 0 unspecified atom stereocenters. The Bertz CT molecular complexity index is 573. The molecule has 2 aromatic rings. The molecule has 23 heavy (non-hydrogen) atoms. The lowest BCUT2D eigenvalue weighted by atomic mass is 9.82. The van der Waals surface area contributed by atoms with Crippen molar-refractivity contribution < 1.29 is 4.74 Å². The fraction of sp³-hybridized carbons (Fsp3) is 0.429. The molecule has 1 saturated heterocycles. The number of ether oxygens (including phenoxy) is 1. The highest BCUT2D eigenvalue weighted by Gasteiger charge is 2.43. The molecular formula is C21H27NO. The summed E-state index contributed by atoms with van der Waals surface area (Å²) in [5, 5.41) is 0. The molecular weight excluding hydrogens is 282 g/mol. The summed E-state index contributed by atoms with van der Waals surface area (Å²) in [7, 11) is 1.81. The van der Waals surface area contributed by atoms with Gasteiger partial charge in [-0.15, -0.1) is 0 Å². The third kappa shape index (κ3) is 3.34. The first-order chi connectivity index (χ1) is 11.1. The second-order valence-corrected chi connectivity index (χ2v) is 7.14. The van der Waals surface area contributed by atoms with Crippen LogP contribution in [0.3, 0.4) is 0 Å². The van der Waals surface area contributed by atoms with Gasteiger partial charge < -0.3 is 4.74 Å². The second kappa shape index (κ2) is 6.86. The summed E-state index contributed by atoms with van der Waals surface area (Å²) >= 11 is 0. The Balaban J connectivity index is 1.94. The lowest BCUT2D eigenvalue weighted by Gasteiger charge is -2.31. The van der Waals surface area contributed by atoms with E-state index in [9.17, 15) is 0 Å². The number of rotatable bonds is 5. The van der Waals surface area contributed by atoms with Crippen LogP contribution in [0.25, 0.3) is 0 Å². The van der Waals surface area contributed by atoms with Crippen LogP contribution >= 0.6 is 0 Å². The van der Waals surface area contributed by atoms with Gasteiger partial charge in [0.05, 0.1) is 12.6 Å². The molecule has 2 heteroatoms. The Hall–Kier alpha value is -1.64. The van der Waals surface area contributed by atoms with Crippen LogP contribution in [-0.4, -0.2) is 31.7 Å². The van der Waals surface area contributed by atoms with Gasteiger partial charge in [-0.05, 0) is 17.0 Å². The van der Waals surface area contributed by atoms with Crippen LogP contribution in [0.4, 0.5) is 0 Å². The van der Waals surface area contributed by atoms with Crippen molar-refractivity contribution in [3.05, 3.63) is 71.8 Å². The molecule has 1 aliphatic rings. The lowest BCUT2D eigenvalue weighted by molar-refractivity contribution is 0.0730. The monoisotopic (exact) mass is 309 g/mol. The minimum Gasteiger partial charge on any atom is -0.384 e. The fourth-order valence-electron chi connectivity index (χ4n) is 3.86. The number of hydrogen-bond acceptors (Lipinski definition) is 2. The van der Waals surface area contributed by atoms with Crippen molar-refractivity contribution in [3.63, 3.8) is 0 Å². The number of nitrogens with zero attached hydrogens (tertiary/aromatic N) is 1. The van der Waals surface area contributed by atoms with Gasteiger partial charge in [0.1, 0.15) is 0 Å². The van der Waals surface area contributed by atoms with Crippen molar-refractivity contribution in [1.82, 2.24) is 4.90 Å². The summed E-state index contributed by atoms with van der Waals surface area (Å²) in [6.07, 6.45) is 0. The van der Waals surface area contributed by atoms with Gasteiger partial charge >= 0.3 is 0 Å². The Morgan fingerprint density at radius 3 is 2.04 bits per heavy atom. The van der Waals surface area contributed by atoms with Gasteiger partial charge in [-0.1, -0.05) is 74.5 Å². The normalized spacial score (nSPS) is 25.1. The maximum Gasteiger partial charge on any atom is 0.0602 e. The first kappa shape index (κ1) is 16.2. The van der Waals surface area contributed by atoms with E-state index in [4.69, 9.17) is 4.74 Å². The second-order valence-electron chi connectivity index (χ2n) is 7.14. The molecule has 1 fully saturated rings. The molecule has 2 aromatic carbocycles. The lowest BCUT2D eigenvalue weighted by Crippen LogP contribution is -2.32. The molecule has 0 saturated carbocycles. The number of hydrogen-bond donors (Lipinski definition) is 0. The molecule has 0 N–H and O–H groups in total. The maximum absolute atomic E-state index is 5.51. The van der Waals surface area contributed by atoms with E-state index in [-0.39, 0.29) is 5.41 Å². The van der Waals surface area contributed by atoms with E-state index in [0.717, 1.165) is 19.7 Å². The summed E-state index contributed by atoms with van der Waals surface area (Å²) in [4.78, 5) is 2.62. The van der Waals surface area contributed by atoms with E-state index in [1.54, 1.807) is 0 Å². The van der Waals surface area contributed by atoms with Crippen molar-refractivity contribution in [1.29, 1.82) is 0 Å².